The van der Waals surface area contributed by atoms with Crippen LogP contribution in [0.2, 0.25) is 0 Å². The Labute approximate surface area is 115 Å². The van der Waals surface area contributed by atoms with Gasteiger partial charge in [-0.2, -0.15) is 0 Å². The van der Waals surface area contributed by atoms with Crippen LogP contribution >= 0.6 is 0 Å². The van der Waals surface area contributed by atoms with Gasteiger partial charge in [0.15, 0.2) is 11.9 Å². The quantitative estimate of drug-likeness (QED) is 0.624. The predicted molar refractivity (Wildman–Crippen MR) is 68.6 cm³/mol. The van der Waals surface area contributed by atoms with Crippen LogP contribution in [0.25, 0.3) is 0 Å². The Balaban J connectivity index is 3.02. The molecular weight excluding hydrogens is 266 g/mol. The van der Waals surface area contributed by atoms with Gasteiger partial charge >= 0.3 is 5.97 Å². The molecule has 0 spiro atoms. The highest BCUT2D eigenvalue weighted by molar-refractivity contribution is 6.04. The van der Waals surface area contributed by atoms with Gasteiger partial charge in [-0.3, -0.25) is 9.59 Å². The van der Waals surface area contributed by atoms with Crippen LogP contribution in [0.4, 0.5) is 0 Å². The van der Waals surface area contributed by atoms with Gasteiger partial charge in [0, 0.05) is 12.5 Å². The van der Waals surface area contributed by atoms with E-state index in [1.54, 1.807) is 0 Å². The lowest BCUT2D eigenvalue weighted by Gasteiger charge is -2.19. The Morgan fingerprint density at radius 3 is 2.15 bits per heavy atom. The van der Waals surface area contributed by atoms with Crippen LogP contribution in [0.5, 0.6) is 5.75 Å². The lowest BCUT2D eigenvalue weighted by Crippen LogP contribution is -2.51. The number of ether oxygens (including phenoxy) is 1. The molecule has 108 valence electrons. The number of aliphatic hydroxyl groups is 1. The molecule has 7 heteroatoms. The number of aliphatic hydroxyl groups excluding tert-OH is 1. The van der Waals surface area contributed by atoms with Crippen molar-refractivity contribution in [1.29, 1.82) is 0 Å². The molecule has 20 heavy (non-hydrogen) atoms. The van der Waals surface area contributed by atoms with Gasteiger partial charge in [-0.1, -0.05) is 0 Å². The molecule has 0 aliphatic heterocycles. The summed E-state index contributed by atoms with van der Waals surface area (Å²) in [5.74, 6) is -2.38. The van der Waals surface area contributed by atoms with Crippen LogP contribution in [-0.2, 0) is 9.59 Å². The van der Waals surface area contributed by atoms with Gasteiger partial charge in [0.05, 0.1) is 7.11 Å². The summed E-state index contributed by atoms with van der Waals surface area (Å²) in [6.07, 6.45) is -2.02. The molecule has 0 saturated carbocycles. The second-order valence-corrected chi connectivity index (χ2v) is 4.05. The molecule has 0 heterocycles. The Bertz CT molecular complexity index is 510. The van der Waals surface area contributed by atoms with E-state index in [4.69, 9.17) is 9.84 Å². The van der Waals surface area contributed by atoms with Gasteiger partial charge in [0.25, 0.3) is 0 Å². The fourth-order valence-corrected chi connectivity index (χ4v) is 1.58. The summed E-state index contributed by atoms with van der Waals surface area (Å²) in [5, 5.41) is 20.4. The summed E-state index contributed by atoms with van der Waals surface area (Å²) in [6, 6.07) is 4.34. The molecule has 0 fully saturated rings. The van der Waals surface area contributed by atoms with Crippen molar-refractivity contribution in [3.8, 4) is 5.75 Å². The number of carboxylic acids is 1. The van der Waals surface area contributed by atoms with E-state index in [1.165, 1.54) is 31.4 Å². The van der Waals surface area contributed by atoms with E-state index in [0.717, 1.165) is 6.92 Å². The van der Waals surface area contributed by atoms with Crippen molar-refractivity contribution in [1.82, 2.24) is 5.32 Å². The minimum Gasteiger partial charge on any atom is -0.497 e. The van der Waals surface area contributed by atoms with Gasteiger partial charge in [-0.15, -0.1) is 0 Å². The number of aliphatic carboxylic acids is 1. The van der Waals surface area contributed by atoms with Crippen molar-refractivity contribution in [2.75, 3.05) is 7.11 Å². The standard InChI is InChI=1S/C13H15NO6/c1-7(15)14-10(12(17)13(18)19)11(16)8-3-5-9(20-2)6-4-8/h3-6,10,12,17H,1-2H3,(H,14,15)(H,18,19). The van der Waals surface area contributed by atoms with Crippen molar-refractivity contribution in [3.05, 3.63) is 29.8 Å². The number of rotatable bonds is 6. The van der Waals surface area contributed by atoms with Crippen LogP contribution in [-0.4, -0.2) is 47.1 Å². The molecule has 1 aromatic carbocycles. The van der Waals surface area contributed by atoms with E-state index in [-0.39, 0.29) is 5.56 Å². The number of benzene rings is 1. The summed E-state index contributed by atoms with van der Waals surface area (Å²) in [4.78, 5) is 34.0. The molecule has 2 atom stereocenters. The molecule has 1 rings (SSSR count). The van der Waals surface area contributed by atoms with Crippen LogP contribution in [0.15, 0.2) is 24.3 Å². The maximum atomic E-state index is 12.1. The molecule has 2 unspecified atom stereocenters. The Kier molecular flexibility index (Phi) is 5.22. The normalized spacial score (nSPS) is 13.2. The SMILES string of the molecule is COc1ccc(C(=O)C(NC(C)=O)C(O)C(=O)O)cc1. The zero-order valence-corrected chi connectivity index (χ0v) is 11.0. The number of nitrogens with one attached hydrogen (secondary N) is 1. The molecule has 0 aliphatic carbocycles. The number of hydrogen-bond acceptors (Lipinski definition) is 5. The first kappa shape index (κ1) is 15.6. The third-order valence-electron chi connectivity index (χ3n) is 2.58. The summed E-state index contributed by atoms with van der Waals surface area (Å²) in [7, 11) is 1.46. The van der Waals surface area contributed by atoms with E-state index in [9.17, 15) is 19.5 Å². The highest BCUT2D eigenvalue weighted by Crippen LogP contribution is 2.14. The Hall–Kier alpha value is -2.41. The first-order valence-electron chi connectivity index (χ1n) is 5.73. The summed E-state index contributed by atoms with van der Waals surface area (Å²) in [5.41, 5.74) is 0.157. The number of carbonyl (C=O) groups excluding carboxylic acids is 2. The van der Waals surface area contributed by atoms with E-state index in [0.29, 0.717) is 5.75 Å². The van der Waals surface area contributed by atoms with E-state index in [1.807, 2.05) is 0 Å². The van der Waals surface area contributed by atoms with Gasteiger partial charge in [0.1, 0.15) is 11.8 Å². The first-order valence-corrected chi connectivity index (χ1v) is 5.73. The summed E-state index contributed by atoms with van der Waals surface area (Å²) < 4.78 is 4.94. The molecule has 1 amide bonds. The van der Waals surface area contributed by atoms with Crippen LogP contribution in [0.1, 0.15) is 17.3 Å². The minimum absolute atomic E-state index is 0.157. The number of amides is 1. The molecule has 0 aliphatic rings. The topological polar surface area (TPSA) is 113 Å². The molecule has 3 N–H and O–H groups in total. The Morgan fingerprint density at radius 2 is 1.75 bits per heavy atom. The molecule has 0 radical (unpaired) electrons. The summed E-state index contributed by atoms with van der Waals surface area (Å²) in [6.45, 7) is 1.13. The number of carboxylic acid groups (broad SMARTS) is 1. The average molecular weight is 281 g/mol. The number of carbonyl (C=O) groups is 3. The highest BCUT2D eigenvalue weighted by Gasteiger charge is 2.33. The third-order valence-corrected chi connectivity index (χ3v) is 2.58. The van der Waals surface area contributed by atoms with E-state index >= 15 is 0 Å². The number of Topliss-reactive ketones (excluding diaryl/α,β-unsaturated/α-hetero) is 1. The van der Waals surface area contributed by atoms with Crippen LogP contribution in [0.3, 0.4) is 0 Å². The molecule has 0 bridgehead atoms. The third kappa shape index (κ3) is 3.79. The van der Waals surface area contributed by atoms with Gasteiger partial charge < -0.3 is 20.3 Å². The molecule has 1 aromatic rings. The van der Waals surface area contributed by atoms with Gasteiger partial charge in [-0.25, -0.2) is 4.79 Å². The van der Waals surface area contributed by atoms with Gasteiger partial charge in [-0.05, 0) is 24.3 Å². The van der Waals surface area contributed by atoms with Crippen molar-refractivity contribution < 1.29 is 29.3 Å². The zero-order valence-electron chi connectivity index (χ0n) is 11.0. The van der Waals surface area contributed by atoms with E-state index in [2.05, 4.69) is 5.32 Å². The maximum Gasteiger partial charge on any atom is 0.335 e. The average Bonchev–Trinajstić information content (AvgIpc) is 2.43. The van der Waals surface area contributed by atoms with Crippen molar-refractivity contribution in [2.24, 2.45) is 0 Å². The van der Waals surface area contributed by atoms with Crippen molar-refractivity contribution in [3.63, 3.8) is 0 Å². The summed E-state index contributed by atoms with van der Waals surface area (Å²) >= 11 is 0. The lowest BCUT2D eigenvalue weighted by atomic mass is 9.99. The highest BCUT2D eigenvalue weighted by atomic mass is 16.5. The predicted octanol–water partition coefficient (Wildman–Crippen LogP) is -0.172. The molecule has 7 nitrogen and oxygen atoms in total. The fourth-order valence-electron chi connectivity index (χ4n) is 1.58. The Morgan fingerprint density at radius 1 is 1.20 bits per heavy atom. The minimum atomic E-state index is -2.02. The smallest absolute Gasteiger partial charge is 0.335 e. The second-order valence-electron chi connectivity index (χ2n) is 4.05. The number of ketones is 1. The number of hydrogen-bond donors (Lipinski definition) is 3. The molecular formula is C13H15NO6. The van der Waals surface area contributed by atoms with Crippen LogP contribution in [0, 0.1) is 0 Å². The van der Waals surface area contributed by atoms with Crippen molar-refractivity contribution >= 4 is 17.7 Å². The zero-order chi connectivity index (χ0) is 15.3. The molecule has 0 saturated heterocycles. The van der Waals surface area contributed by atoms with Crippen LogP contribution < -0.4 is 10.1 Å². The molecule has 0 aromatic heterocycles. The maximum absolute atomic E-state index is 12.1. The first-order chi connectivity index (χ1) is 9.36. The lowest BCUT2D eigenvalue weighted by molar-refractivity contribution is -0.147. The monoisotopic (exact) mass is 281 g/mol. The van der Waals surface area contributed by atoms with Crippen molar-refractivity contribution in [2.45, 2.75) is 19.1 Å². The fraction of sp³-hybridized carbons (Fsp3) is 0.308. The van der Waals surface area contributed by atoms with E-state index < -0.39 is 29.8 Å². The van der Waals surface area contributed by atoms with Gasteiger partial charge in [0.2, 0.25) is 5.91 Å². The second kappa shape index (κ2) is 6.67. The largest absolute Gasteiger partial charge is 0.497 e. The number of methoxy groups -OCH3 is 1.